The Balaban J connectivity index is 1.21. The number of rotatable bonds is 6. The third-order valence-electron chi connectivity index (χ3n) is 10.6. The van der Waals surface area contributed by atoms with Crippen molar-refractivity contribution in [2.75, 3.05) is 44.3 Å². The molecule has 2 N–H and O–H groups in total. The summed E-state index contributed by atoms with van der Waals surface area (Å²) in [6, 6.07) is 6.11. The number of benzene rings is 2. The quantitative estimate of drug-likeness (QED) is 0.294. The number of pyridine rings is 1. The van der Waals surface area contributed by atoms with E-state index < -0.39 is 11.6 Å². The number of halogens is 2. The molecule has 3 saturated heterocycles. The van der Waals surface area contributed by atoms with Crippen LogP contribution in [0.4, 0.5) is 14.6 Å². The number of likely N-dealkylation sites (tertiary alicyclic amines) is 1. The molecule has 9 rings (SSSR count). The number of nitrogens with one attached hydrogen (secondary N) is 1. The van der Waals surface area contributed by atoms with Crippen LogP contribution in [-0.4, -0.2) is 82.5 Å². The summed E-state index contributed by atoms with van der Waals surface area (Å²) >= 11 is 0. The van der Waals surface area contributed by atoms with Crippen LogP contribution in [0.25, 0.3) is 32.9 Å². The fourth-order valence-electron chi connectivity index (χ4n) is 8.07. The maximum absolute atomic E-state index is 17.0. The fourth-order valence-corrected chi connectivity index (χ4v) is 8.07. The van der Waals surface area contributed by atoms with E-state index in [1.807, 2.05) is 0 Å². The Labute approximate surface area is 264 Å². The molecule has 0 unspecified atom stereocenters. The monoisotopic (exact) mass is 624 g/mol. The van der Waals surface area contributed by atoms with Gasteiger partial charge in [-0.3, -0.25) is 0 Å². The molecule has 236 valence electrons. The maximum Gasteiger partial charge on any atom is 0.319 e. The second-order valence-electron chi connectivity index (χ2n) is 13.6. The summed E-state index contributed by atoms with van der Waals surface area (Å²) in [5.74, 6) is 1.63. The number of ether oxygens (including phenoxy) is 2. The van der Waals surface area contributed by atoms with E-state index in [1.165, 1.54) is 37.1 Å². The number of anilines is 1. The highest BCUT2D eigenvalue weighted by atomic mass is 19.1. The topological polar surface area (TPSA) is 95.9 Å². The molecule has 4 aromatic rings. The van der Waals surface area contributed by atoms with Crippen molar-refractivity contribution in [2.45, 2.75) is 56.7 Å². The number of nitrogens with zero attached hydrogens (tertiary/aromatic N) is 5. The lowest BCUT2D eigenvalue weighted by atomic mass is 9.95. The van der Waals surface area contributed by atoms with Crippen molar-refractivity contribution >= 4 is 27.5 Å². The van der Waals surface area contributed by atoms with E-state index in [1.54, 1.807) is 0 Å². The summed E-state index contributed by atoms with van der Waals surface area (Å²) in [7, 11) is 0. The normalized spacial score (nSPS) is 24.5. The second-order valence-corrected chi connectivity index (χ2v) is 13.6. The number of hydrogen-bond acceptors (Lipinski definition) is 9. The number of fused-ring (bicyclic) bond motifs is 6. The molecule has 1 aliphatic carbocycles. The first kappa shape index (κ1) is 28.0. The molecule has 1 saturated carbocycles. The number of aromatic hydroxyl groups is 1. The summed E-state index contributed by atoms with van der Waals surface area (Å²) < 4.78 is 44.7. The first-order valence-corrected chi connectivity index (χ1v) is 16.2. The van der Waals surface area contributed by atoms with Crippen molar-refractivity contribution in [3.05, 3.63) is 41.5 Å². The number of piperazine rings is 1. The summed E-state index contributed by atoms with van der Waals surface area (Å²) in [6.07, 6.45) is 12.4. The average Bonchev–Trinajstić information content (AvgIpc) is 3.47. The van der Waals surface area contributed by atoms with Gasteiger partial charge in [0.15, 0.2) is 5.82 Å². The molecule has 4 aliphatic heterocycles. The highest BCUT2D eigenvalue weighted by Crippen LogP contribution is 2.48. The van der Waals surface area contributed by atoms with Gasteiger partial charge in [0, 0.05) is 41.5 Å². The lowest BCUT2D eigenvalue weighted by Gasteiger charge is -2.40. The molecule has 46 heavy (non-hydrogen) atoms. The highest BCUT2D eigenvalue weighted by Gasteiger charge is 2.46. The second kappa shape index (κ2) is 10.4. The van der Waals surface area contributed by atoms with Crippen LogP contribution in [0.1, 0.15) is 44.1 Å². The lowest BCUT2D eigenvalue weighted by Crippen LogP contribution is -2.60. The zero-order valence-electron chi connectivity index (χ0n) is 25.4. The molecule has 2 aromatic heterocycles. The van der Waals surface area contributed by atoms with E-state index in [-0.39, 0.29) is 62.9 Å². The van der Waals surface area contributed by atoms with Crippen molar-refractivity contribution in [2.24, 2.45) is 5.41 Å². The predicted octanol–water partition coefficient (Wildman–Crippen LogP) is 4.77. The zero-order chi connectivity index (χ0) is 31.2. The van der Waals surface area contributed by atoms with Gasteiger partial charge in [0.2, 0.25) is 5.88 Å². The highest BCUT2D eigenvalue weighted by molar-refractivity contribution is 6.04. The molecule has 3 atom stereocenters. The molecule has 9 nitrogen and oxygen atoms in total. The molecule has 0 spiro atoms. The van der Waals surface area contributed by atoms with E-state index in [4.69, 9.17) is 20.9 Å². The first-order valence-electron chi connectivity index (χ1n) is 16.2. The molecule has 4 fully saturated rings. The third-order valence-corrected chi connectivity index (χ3v) is 10.6. The van der Waals surface area contributed by atoms with E-state index in [2.05, 4.69) is 31.0 Å². The number of terminal acetylenes is 1. The van der Waals surface area contributed by atoms with Gasteiger partial charge in [-0.05, 0) is 75.2 Å². The molecule has 11 heteroatoms. The van der Waals surface area contributed by atoms with Crippen LogP contribution in [0.5, 0.6) is 17.6 Å². The van der Waals surface area contributed by atoms with E-state index in [9.17, 15) is 9.50 Å². The van der Waals surface area contributed by atoms with Crippen molar-refractivity contribution in [3.63, 3.8) is 0 Å². The van der Waals surface area contributed by atoms with E-state index in [0.717, 1.165) is 45.3 Å². The minimum Gasteiger partial charge on any atom is -0.508 e. The Morgan fingerprint density at radius 3 is 2.76 bits per heavy atom. The van der Waals surface area contributed by atoms with Crippen molar-refractivity contribution < 1.29 is 23.4 Å². The minimum absolute atomic E-state index is 0.00562. The molecule has 0 amide bonds. The van der Waals surface area contributed by atoms with Crippen LogP contribution in [-0.2, 0) is 0 Å². The van der Waals surface area contributed by atoms with Crippen LogP contribution in [0.3, 0.4) is 0 Å². The molecular weight excluding hydrogens is 590 g/mol. The van der Waals surface area contributed by atoms with Crippen LogP contribution in [0.15, 0.2) is 24.3 Å². The fraction of sp³-hybridized carbons (Fsp3) is 0.457. The van der Waals surface area contributed by atoms with Gasteiger partial charge in [-0.1, -0.05) is 12.0 Å². The largest absolute Gasteiger partial charge is 0.508 e. The SMILES string of the molecule is C#Cc1c(F)ccc2cc(O)cc(-c3nc4c5c(nc(OCC6(CN7CCCC7)CC6)nc5c3F)N3C[C@H]5CC[C@H](N5)[C@H]3CO4)c12. The molecular formula is C35H34F2N6O3. The number of hydrogen-bond donors (Lipinski definition) is 2. The van der Waals surface area contributed by atoms with Gasteiger partial charge in [-0.15, -0.1) is 6.42 Å². The molecule has 5 aliphatic rings. The molecule has 2 aromatic carbocycles. The summed E-state index contributed by atoms with van der Waals surface area (Å²) in [4.78, 5) is 19.0. The van der Waals surface area contributed by atoms with Crippen LogP contribution in [0.2, 0.25) is 0 Å². The first-order chi connectivity index (χ1) is 22.4. The summed E-state index contributed by atoms with van der Waals surface area (Å²) in [5.41, 5.74) is 0.0220. The molecule has 0 radical (unpaired) electrons. The van der Waals surface area contributed by atoms with Gasteiger partial charge in [0.25, 0.3) is 0 Å². The lowest BCUT2D eigenvalue weighted by molar-refractivity contribution is 0.170. The Hall–Kier alpha value is -4.27. The Kier molecular flexibility index (Phi) is 6.31. The van der Waals surface area contributed by atoms with Crippen LogP contribution in [0, 0.1) is 29.4 Å². The third kappa shape index (κ3) is 4.45. The Morgan fingerprint density at radius 1 is 1.11 bits per heavy atom. The maximum atomic E-state index is 17.0. The van der Waals surface area contributed by atoms with Gasteiger partial charge in [-0.2, -0.15) is 9.97 Å². The zero-order valence-corrected chi connectivity index (χ0v) is 25.4. The van der Waals surface area contributed by atoms with Gasteiger partial charge in [-0.25, -0.2) is 13.8 Å². The summed E-state index contributed by atoms with van der Waals surface area (Å²) in [5, 5.41) is 15.4. The summed E-state index contributed by atoms with van der Waals surface area (Å²) in [6.45, 7) is 4.67. The van der Waals surface area contributed by atoms with Crippen molar-refractivity contribution in [3.8, 4) is 41.2 Å². The molecule has 6 heterocycles. The minimum atomic E-state index is -0.746. The van der Waals surface area contributed by atoms with Crippen LogP contribution >= 0.6 is 0 Å². The Bertz CT molecular complexity index is 1950. The van der Waals surface area contributed by atoms with Gasteiger partial charge >= 0.3 is 6.01 Å². The van der Waals surface area contributed by atoms with E-state index >= 15 is 4.39 Å². The van der Waals surface area contributed by atoms with Crippen molar-refractivity contribution in [1.82, 2.24) is 25.2 Å². The predicted molar refractivity (Wildman–Crippen MR) is 169 cm³/mol. The number of phenolic OH excluding ortho intramolecular Hbond substituents is 1. The number of phenols is 1. The van der Waals surface area contributed by atoms with Gasteiger partial charge in [0.05, 0.1) is 18.2 Å². The standard InChI is InChI=1S/C35H34F2N6O3/c1-2-22-24(36)7-5-19-13-21(44)14-23(27(19)22)30-29(37)31-28-32(43-15-20-6-8-25(38-20)26(43)16-45-33(28)39-30)41-34(40-31)46-18-35(9-10-35)17-42-11-3-4-12-42/h1,5,7,13-14,20,25-26,38,44H,3-4,6,8-12,15-18H2/t20-,25+,26-/m1/s1. The average molecular weight is 625 g/mol. The molecule has 2 bridgehead atoms. The van der Waals surface area contributed by atoms with Gasteiger partial charge in [0.1, 0.15) is 40.6 Å². The van der Waals surface area contributed by atoms with Crippen LogP contribution < -0.4 is 19.7 Å². The number of aromatic nitrogens is 3. The van der Waals surface area contributed by atoms with Crippen molar-refractivity contribution in [1.29, 1.82) is 0 Å². The Morgan fingerprint density at radius 2 is 1.96 bits per heavy atom. The smallest absolute Gasteiger partial charge is 0.319 e. The van der Waals surface area contributed by atoms with E-state index in [0.29, 0.717) is 42.4 Å². The van der Waals surface area contributed by atoms with Gasteiger partial charge < -0.3 is 29.7 Å².